The van der Waals surface area contributed by atoms with E-state index in [1.165, 1.54) is 4.68 Å². The Morgan fingerprint density at radius 3 is 2.67 bits per heavy atom. The summed E-state index contributed by atoms with van der Waals surface area (Å²) in [4.78, 5) is 0.264. The molecule has 7 nitrogen and oxygen atoms in total. The van der Waals surface area contributed by atoms with Gasteiger partial charge in [0, 0.05) is 7.05 Å². The smallest absolute Gasteiger partial charge is 0.231 e. The number of sulfonamides is 1. The molecule has 0 fully saturated rings. The van der Waals surface area contributed by atoms with Crippen LogP contribution in [-0.2, 0) is 23.6 Å². The van der Waals surface area contributed by atoms with Gasteiger partial charge in [-0.25, -0.2) is 17.8 Å². The van der Waals surface area contributed by atoms with Crippen LogP contribution in [0.4, 0.5) is 0 Å². The molecule has 0 saturated carbocycles. The lowest BCUT2D eigenvalue weighted by Gasteiger charge is -2.08. The molecule has 1 heterocycles. The van der Waals surface area contributed by atoms with Gasteiger partial charge in [-0.3, -0.25) is 0 Å². The third-order valence-corrected chi connectivity index (χ3v) is 4.07. The molecule has 0 unspecified atom stereocenters. The highest BCUT2D eigenvalue weighted by Crippen LogP contribution is 2.13. The number of benzene rings is 1. The van der Waals surface area contributed by atoms with Crippen molar-refractivity contribution in [2.24, 2.45) is 7.05 Å². The maximum Gasteiger partial charge on any atom is 0.241 e. The second-order valence-electron chi connectivity index (χ2n) is 3.81. The predicted molar refractivity (Wildman–Crippen MR) is 64.0 cm³/mol. The minimum Gasteiger partial charge on any atom is -0.231 e. The van der Waals surface area contributed by atoms with Crippen LogP contribution in [0.2, 0.25) is 0 Å². The van der Waals surface area contributed by atoms with Gasteiger partial charge in [0.2, 0.25) is 10.0 Å². The molecule has 18 heavy (non-hydrogen) atoms. The molecule has 0 spiro atoms. The van der Waals surface area contributed by atoms with E-state index in [4.69, 9.17) is 0 Å². The van der Waals surface area contributed by atoms with Crippen molar-refractivity contribution in [1.82, 2.24) is 24.9 Å². The van der Waals surface area contributed by atoms with Gasteiger partial charge in [-0.15, -0.1) is 5.10 Å². The fourth-order valence-corrected chi connectivity index (χ4v) is 2.72. The first kappa shape index (κ1) is 12.7. The third kappa shape index (κ3) is 2.54. The summed E-state index contributed by atoms with van der Waals surface area (Å²) in [5.41, 5.74) is 0.695. The number of hydrogen-bond acceptors (Lipinski definition) is 5. The molecule has 0 amide bonds. The van der Waals surface area contributed by atoms with Crippen LogP contribution in [0, 0.1) is 6.92 Å². The van der Waals surface area contributed by atoms with E-state index in [1.807, 2.05) is 0 Å². The molecular weight excluding hydrogens is 254 g/mol. The van der Waals surface area contributed by atoms with Gasteiger partial charge in [0.25, 0.3) is 0 Å². The highest BCUT2D eigenvalue weighted by atomic mass is 32.2. The van der Waals surface area contributed by atoms with Crippen LogP contribution in [0.5, 0.6) is 0 Å². The molecule has 0 aliphatic heterocycles. The van der Waals surface area contributed by atoms with E-state index in [0.29, 0.717) is 11.4 Å². The number of aromatic nitrogens is 4. The second kappa shape index (κ2) is 4.83. The molecule has 1 aromatic heterocycles. The largest absolute Gasteiger partial charge is 0.241 e. The first-order valence-corrected chi connectivity index (χ1v) is 6.75. The van der Waals surface area contributed by atoms with Gasteiger partial charge in [-0.1, -0.05) is 18.2 Å². The summed E-state index contributed by atoms with van der Waals surface area (Å²) in [5.74, 6) is 0.451. The van der Waals surface area contributed by atoms with E-state index in [0.717, 1.165) is 0 Å². The summed E-state index contributed by atoms with van der Waals surface area (Å²) < 4.78 is 28.0. The molecule has 8 heteroatoms. The van der Waals surface area contributed by atoms with E-state index in [-0.39, 0.29) is 11.4 Å². The van der Waals surface area contributed by atoms with Gasteiger partial charge in [-0.2, -0.15) is 0 Å². The van der Waals surface area contributed by atoms with Crippen LogP contribution in [0.3, 0.4) is 0 Å². The van der Waals surface area contributed by atoms with Gasteiger partial charge < -0.3 is 0 Å². The standard InChI is InChI=1S/C10H13N5O2S/c1-8-5-3-4-6-9(8)18(16,17)11-7-10-12-13-14-15(10)2/h3-6,11H,7H2,1-2H3. The van der Waals surface area contributed by atoms with E-state index in [1.54, 1.807) is 38.2 Å². The van der Waals surface area contributed by atoms with Gasteiger partial charge in [0.1, 0.15) is 0 Å². The molecular formula is C10H13N5O2S. The zero-order chi connectivity index (χ0) is 13.2. The molecule has 2 aromatic rings. The Hall–Kier alpha value is -1.80. The fourth-order valence-electron chi connectivity index (χ4n) is 1.49. The van der Waals surface area contributed by atoms with E-state index in [2.05, 4.69) is 20.2 Å². The van der Waals surface area contributed by atoms with Gasteiger partial charge in [-0.05, 0) is 29.0 Å². The predicted octanol–water partition coefficient (Wildman–Crippen LogP) is -0.00298. The minimum absolute atomic E-state index is 0.0557. The van der Waals surface area contributed by atoms with Crippen LogP contribution in [-0.4, -0.2) is 28.6 Å². The van der Waals surface area contributed by atoms with E-state index < -0.39 is 10.0 Å². The molecule has 0 atom stereocenters. The van der Waals surface area contributed by atoms with Crippen LogP contribution >= 0.6 is 0 Å². The number of hydrogen-bond donors (Lipinski definition) is 1. The Morgan fingerprint density at radius 1 is 1.33 bits per heavy atom. The Bertz CT molecular complexity index is 650. The summed E-state index contributed by atoms with van der Waals surface area (Å²) in [6, 6.07) is 6.79. The second-order valence-corrected chi connectivity index (χ2v) is 5.54. The SMILES string of the molecule is Cc1ccccc1S(=O)(=O)NCc1nnnn1C. The van der Waals surface area contributed by atoms with Crippen molar-refractivity contribution in [3.63, 3.8) is 0 Å². The van der Waals surface area contributed by atoms with Crippen LogP contribution in [0.25, 0.3) is 0 Å². The lowest BCUT2D eigenvalue weighted by molar-refractivity contribution is 0.575. The van der Waals surface area contributed by atoms with Crippen molar-refractivity contribution in [2.75, 3.05) is 0 Å². The Labute approximate surface area is 105 Å². The molecule has 1 N–H and O–H groups in total. The van der Waals surface area contributed by atoms with Crippen LogP contribution in [0.1, 0.15) is 11.4 Å². The van der Waals surface area contributed by atoms with Crippen molar-refractivity contribution in [3.8, 4) is 0 Å². The maximum absolute atomic E-state index is 12.1. The average Bonchev–Trinajstić information content (AvgIpc) is 2.73. The number of tetrazole rings is 1. The van der Waals surface area contributed by atoms with E-state index >= 15 is 0 Å². The topological polar surface area (TPSA) is 89.8 Å². The van der Waals surface area contributed by atoms with E-state index in [9.17, 15) is 8.42 Å². The van der Waals surface area contributed by atoms with Crippen molar-refractivity contribution >= 4 is 10.0 Å². The van der Waals surface area contributed by atoms with Crippen molar-refractivity contribution < 1.29 is 8.42 Å². The molecule has 0 saturated heterocycles. The summed E-state index contributed by atoms with van der Waals surface area (Å²) >= 11 is 0. The normalized spacial score (nSPS) is 11.7. The van der Waals surface area contributed by atoms with Crippen molar-refractivity contribution in [1.29, 1.82) is 0 Å². The Balaban J connectivity index is 2.19. The lowest BCUT2D eigenvalue weighted by atomic mass is 10.2. The van der Waals surface area contributed by atoms with Crippen LogP contribution in [0.15, 0.2) is 29.2 Å². The first-order chi connectivity index (χ1) is 8.50. The quantitative estimate of drug-likeness (QED) is 0.842. The molecule has 0 radical (unpaired) electrons. The number of rotatable bonds is 4. The average molecular weight is 267 g/mol. The van der Waals surface area contributed by atoms with Crippen molar-refractivity contribution in [3.05, 3.63) is 35.7 Å². The van der Waals surface area contributed by atoms with Gasteiger partial charge in [0.05, 0.1) is 11.4 Å². The van der Waals surface area contributed by atoms with Gasteiger partial charge >= 0.3 is 0 Å². The lowest BCUT2D eigenvalue weighted by Crippen LogP contribution is -2.25. The monoisotopic (exact) mass is 267 g/mol. The number of nitrogens with zero attached hydrogens (tertiary/aromatic N) is 4. The Kier molecular flexibility index (Phi) is 3.39. The summed E-state index contributed by atoms with van der Waals surface area (Å²) in [6.07, 6.45) is 0. The molecule has 0 bridgehead atoms. The fraction of sp³-hybridized carbons (Fsp3) is 0.300. The molecule has 96 valence electrons. The first-order valence-electron chi connectivity index (χ1n) is 5.27. The summed E-state index contributed by atoms with van der Waals surface area (Å²) in [5, 5.41) is 10.8. The molecule has 0 aliphatic rings. The minimum atomic E-state index is -3.54. The highest BCUT2D eigenvalue weighted by molar-refractivity contribution is 7.89. The zero-order valence-corrected chi connectivity index (χ0v) is 10.8. The zero-order valence-electron chi connectivity index (χ0n) is 10.0. The summed E-state index contributed by atoms with van der Waals surface area (Å²) in [7, 11) is -1.89. The number of aryl methyl sites for hydroxylation is 2. The van der Waals surface area contributed by atoms with Crippen molar-refractivity contribution in [2.45, 2.75) is 18.4 Å². The molecule has 1 aromatic carbocycles. The Morgan fingerprint density at radius 2 is 2.06 bits per heavy atom. The molecule has 2 rings (SSSR count). The maximum atomic E-state index is 12.1. The number of nitrogens with one attached hydrogen (secondary N) is 1. The third-order valence-electron chi connectivity index (χ3n) is 2.51. The molecule has 0 aliphatic carbocycles. The highest BCUT2D eigenvalue weighted by Gasteiger charge is 2.16. The van der Waals surface area contributed by atoms with Crippen LogP contribution < -0.4 is 4.72 Å². The van der Waals surface area contributed by atoms with Gasteiger partial charge in [0.15, 0.2) is 5.82 Å². The summed E-state index contributed by atoms with van der Waals surface area (Å²) in [6.45, 7) is 1.80.